The number of halogens is 2. The van der Waals surface area contributed by atoms with Gasteiger partial charge in [-0.25, -0.2) is 0 Å². The fourth-order valence-electron chi connectivity index (χ4n) is 2.48. The molecule has 0 aliphatic rings. The van der Waals surface area contributed by atoms with Crippen LogP contribution in [0.25, 0.3) is 6.08 Å². The van der Waals surface area contributed by atoms with E-state index in [0.717, 1.165) is 0 Å². The van der Waals surface area contributed by atoms with Crippen LogP contribution < -0.4 is 14.8 Å². The number of nitrogens with one attached hydrogen (secondary N) is 1. The number of carbonyl (C=O) groups is 2. The summed E-state index contributed by atoms with van der Waals surface area (Å²) in [5.74, 6) is -0.0365. The molecular weight excluding hydrogens is 455 g/mol. The molecule has 1 amide bonds. The fraction of sp³-hybridized carbons (Fsp3) is 0.261. The molecule has 2 aromatic carbocycles. The van der Waals surface area contributed by atoms with Crippen LogP contribution in [-0.4, -0.2) is 38.7 Å². The van der Waals surface area contributed by atoms with E-state index < -0.39 is 11.9 Å². The molecule has 2 rings (SSSR count). The Bertz CT molecular complexity index is 1000. The first kappa shape index (κ1) is 25.2. The van der Waals surface area contributed by atoms with Crippen LogP contribution in [0.5, 0.6) is 11.5 Å². The van der Waals surface area contributed by atoms with Crippen molar-refractivity contribution in [3.8, 4) is 17.6 Å². The summed E-state index contributed by atoms with van der Waals surface area (Å²) in [6.07, 6.45) is 2.06. The number of carbonyl (C=O) groups excluding carboxylic acids is 2. The smallest absolute Gasteiger partial charge is 0.311 e. The van der Waals surface area contributed by atoms with Gasteiger partial charge in [-0.05, 0) is 48.4 Å². The first-order valence-corrected chi connectivity index (χ1v) is 10.5. The average Bonchev–Trinajstić information content (AvgIpc) is 2.77. The minimum atomic E-state index is -0.484. The number of nitrogens with zero attached hydrogens (tertiary/aromatic N) is 1. The van der Waals surface area contributed by atoms with Gasteiger partial charge in [-0.3, -0.25) is 9.59 Å². The molecule has 2 aromatic rings. The quantitative estimate of drug-likeness (QED) is 0.169. The highest BCUT2D eigenvalue weighted by atomic mass is 35.5. The van der Waals surface area contributed by atoms with Crippen molar-refractivity contribution < 1.29 is 23.8 Å². The summed E-state index contributed by atoms with van der Waals surface area (Å²) in [4.78, 5) is 24.0. The average molecular weight is 477 g/mol. The van der Waals surface area contributed by atoms with Gasteiger partial charge in [0.1, 0.15) is 23.1 Å². The van der Waals surface area contributed by atoms with E-state index in [1.807, 2.05) is 6.07 Å². The molecule has 0 aromatic heterocycles. The van der Waals surface area contributed by atoms with Crippen molar-refractivity contribution in [3.05, 3.63) is 63.6 Å². The molecule has 0 unspecified atom stereocenters. The van der Waals surface area contributed by atoms with Gasteiger partial charge in [0.2, 0.25) is 0 Å². The number of amides is 1. The molecule has 0 saturated heterocycles. The van der Waals surface area contributed by atoms with E-state index in [1.165, 1.54) is 13.2 Å². The van der Waals surface area contributed by atoms with Crippen LogP contribution in [-0.2, 0) is 14.3 Å². The first-order valence-electron chi connectivity index (χ1n) is 9.70. The number of ether oxygens (including phenoxy) is 3. The lowest BCUT2D eigenvalue weighted by atomic mass is 10.1. The van der Waals surface area contributed by atoms with Crippen LogP contribution in [0.4, 0.5) is 0 Å². The SMILES string of the molecule is COCCNC(=O)/C(C#N)=C/c1ccc(OC(=O)CCCOc2ccc(Cl)cc2Cl)cc1. The molecule has 0 bridgehead atoms. The van der Waals surface area contributed by atoms with Crippen molar-refractivity contribution in [1.29, 1.82) is 5.26 Å². The number of nitriles is 1. The minimum absolute atomic E-state index is 0.0355. The van der Waals surface area contributed by atoms with Gasteiger partial charge in [0.15, 0.2) is 0 Å². The normalized spacial score (nSPS) is 10.9. The number of hydrogen-bond donors (Lipinski definition) is 1. The van der Waals surface area contributed by atoms with E-state index in [9.17, 15) is 14.9 Å². The van der Waals surface area contributed by atoms with Crippen LogP contribution >= 0.6 is 23.2 Å². The maximum Gasteiger partial charge on any atom is 0.311 e. The fourth-order valence-corrected chi connectivity index (χ4v) is 2.95. The molecule has 0 saturated carbocycles. The second-order valence-corrected chi connectivity index (χ2v) is 7.33. The van der Waals surface area contributed by atoms with Crippen LogP contribution in [0, 0.1) is 11.3 Å². The Labute approximate surface area is 196 Å². The van der Waals surface area contributed by atoms with Crippen LogP contribution in [0.15, 0.2) is 48.0 Å². The molecule has 0 radical (unpaired) electrons. The lowest BCUT2D eigenvalue weighted by Gasteiger charge is -2.08. The molecular formula is C23H22Cl2N2O5. The molecule has 0 aliphatic heterocycles. The molecule has 9 heteroatoms. The number of hydrogen-bond acceptors (Lipinski definition) is 6. The van der Waals surface area contributed by atoms with Crippen LogP contribution in [0.2, 0.25) is 10.0 Å². The van der Waals surface area contributed by atoms with Gasteiger partial charge < -0.3 is 19.5 Å². The second kappa shape index (κ2) is 13.4. The van der Waals surface area contributed by atoms with Crippen molar-refractivity contribution in [1.82, 2.24) is 5.32 Å². The molecule has 168 valence electrons. The molecule has 0 spiro atoms. The van der Waals surface area contributed by atoms with Gasteiger partial charge in [0, 0.05) is 25.1 Å². The van der Waals surface area contributed by atoms with E-state index in [-0.39, 0.29) is 12.0 Å². The van der Waals surface area contributed by atoms with E-state index in [0.29, 0.717) is 53.3 Å². The topological polar surface area (TPSA) is 97.6 Å². The summed E-state index contributed by atoms with van der Waals surface area (Å²) in [6, 6.07) is 13.3. The number of esters is 1. The Hall–Kier alpha value is -3.05. The Kier molecular flexibility index (Phi) is 10.5. The molecule has 0 atom stereocenters. The van der Waals surface area contributed by atoms with Gasteiger partial charge >= 0.3 is 5.97 Å². The summed E-state index contributed by atoms with van der Waals surface area (Å²) in [6.45, 7) is 0.954. The lowest BCUT2D eigenvalue weighted by Crippen LogP contribution is -2.27. The van der Waals surface area contributed by atoms with Gasteiger partial charge in [-0.2, -0.15) is 5.26 Å². The predicted molar refractivity (Wildman–Crippen MR) is 122 cm³/mol. The van der Waals surface area contributed by atoms with Crippen LogP contribution in [0.3, 0.4) is 0 Å². The lowest BCUT2D eigenvalue weighted by molar-refractivity contribution is -0.134. The first-order chi connectivity index (χ1) is 15.4. The largest absolute Gasteiger partial charge is 0.492 e. The third-order valence-corrected chi connectivity index (χ3v) is 4.59. The van der Waals surface area contributed by atoms with E-state index in [1.54, 1.807) is 42.5 Å². The highest BCUT2D eigenvalue weighted by Gasteiger charge is 2.09. The van der Waals surface area contributed by atoms with Gasteiger partial charge in [0.25, 0.3) is 5.91 Å². The Balaban J connectivity index is 1.80. The number of methoxy groups -OCH3 is 1. The van der Waals surface area contributed by atoms with Gasteiger partial charge in [0.05, 0.1) is 18.2 Å². The molecule has 0 aliphatic carbocycles. The summed E-state index contributed by atoms with van der Waals surface area (Å²) >= 11 is 11.9. The second-order valence-electron chi connectivity index (χ2n) is 6.49. The zero-order valence-corrected chi connectivity index (χ0v) is 18.9. The monoisotopic (exact) mass is 476 g/mol. The standard InChI is InChI=1S/C23H22Cl2N2O5/c1-30-12-10-27-23(29)17(15-26)13-16-4-7-19(8-5-16)32-22(28)3-2-11-31-21-9-6-18(24)14-20(21)25/h4-9,13-14H,2-3,10-12H2,1H3,(H,27,29)/b17-13+. The maximum atomic E-state index is 12.0. The van der Waals surface area contributed by atoms with E-state index >= 15 is 0 Å². The number of rotatable bonds is 11. The summed E-state index contributed by atoms with van der Waals surface area (Å²) in [5.41, 5.74) is 0.586. The summed E-state index contributed by atoms with van der Waals surface area (Å²) in [5, 5.41) is 12.7. The maximum absolute atomic E-state index is 12.0. The molecule has 32 heavy (non-hydrogen) atoms. The van der Waals surface area contributed by atoms with Crippen molar-refractivity contribution >= 4 is 41.2 Å². The Morgan fingerprint density at radius 3 is 2.53 bits per heavy atom. The van der Waals surface area contributed by atoms with Crippen LogP contribution in [0.1, 0.15) is 18.4 Å². The van der Waals surface area contributed by atoms with Crippen molar-refractivity contribution in [2.24, 2.45) is 0 Å². The Morgan fingerprint density at radius 2 is 1.88 bits per heavy atom. The molecule has 0 fully saturated rings. The summed E-state index contributed by atoms with van der Waals surface area (Å²) in [7, 11) is 1.52. The number of benzene rings is 2. The predicted octanol–water partition coefficient (Wildman–Crippen LogP) is 4.43. The third kappa shape index (κ3) is 8.60. The van der Waals surface area contributed by atoms with Gasteiger partial charge in [-0.1, -0.05) is 35.3 Å². The summed E-state index contributed by atoms with van der Waals surface area (Å²) < 4.78 is 15.7. The third-order valence-electron chi connectivity index (χ3n) is 4.06. The van der Waals surface area contributed by atoms with E-state index in [4.69, 9.17) is 37.4 Å². The zero-order valence-electron chi connectivity index (χ0n) is 17.4. The zero-order chi connectivity index (χ0) is 23.3. The highest BCUT2D eigenvalue weighted by molar-refractivity contribution is 6.35. The van der Waals surface area contributed by atoms with Crippen molar-refractivity contribution in [2.75, 3.05) is 26.9 Å². The van der Waals surface area contributed by atoms with E-state index in [2.05, 4.69) is 5.32 Å². The van der Waals surface area contributed by atoms with Gasteiger partial charge in [-0.15, -0.1) is 0 Å². The highest BCUT2D eigenvalue weighted by Crippen LogP contribution is 2.27. The molecule has 7 nitrogen and oxygen atoms in total. The molecule has 1 N–H and O–H groups in total. The van der Waals surface area contributed by atoms with Crippen molar-refractivity contribution in [3.63, 3.8) is 0 Å². The van der Waals surface area contributed by atoms with Crippen molar-refractivity contribution in [2.45, 2.75) is 12.8 Å². The minimum Gasteiger partial charge on any atom is -0.492 e. The molecule has 0 heterocycles. The Morgan fingerprint density at radius 1 is 1.12 bits per heavy atom.